The van der Waals surface area contributed by atoms with Gasteiger partial charge in [-0.05, 0) is 26.2 Å². The van der Waals surface area contributed by atoms with Crippen molar-refractivity contribution in [1.29, 1.82) is 0 Å². The zero-order valence-corrected chi connectivity index (χ0v) is 16.3. The highest BCUT2D eigenvalue weighted by Gasteiger charge is 2.16. The average Bonchev–Trinajstić information content (AvgIpc) is 2.72. The lowest BCUT2D eigenvalue weighted by atomic mass is 10.00. The Morgan fingerprint density at radius 3 is 2.38 bits per heavy atom. The smallest absolute Gasteiger partial charge is 0.190 e. The Balaban J connectivity index is 0.00000400. The van der Waals surface area contributed by atoms with Crippen molar-refractivity contribution in [1.82, 2.24) is 15.8 Å². The molecule has 0 amide bonds. The van der Waals surface area contributed by atoms with Crippen molar-refractivity contribution in [3.63, 3.8) is 0 Å². The summed E-state index contributed by atoms with van der Waals surface area (Å²) in [5, 5.41) is 10.7. The van der Waals surface area contributed by atoms with Gasteiger partial charge in [-0.2, -0.15) is 0 Å². The predicted octanol–water partition coefficient (Wildman–Crippen LogP) is 3.22. The van der Waals surface area contributed by atoms with Crippen molar-refractivity contribution < 1.29 is 4.52 Å². The molecule has 0 fully saturated rings. The second-order valence-electron chi connectivity index (χ2n) is 5.70. The number of halogens is 1. The molecule has 0 saturated carbocycles. The number of hydrogen-bond acceptors (Lipinski definition) is 3. The van der Waals surface area contributed by atoms with Crippen LogP contribution < -0.4 is 10.6 Å². The van der Waals surface area contributed by atoms with Gasteiger partial charge in [0.15, 0.2) is 5.96 Å². The largest absolute Gasteiger partial charge is 0.361 e. The Bertz CT molecular complexity index is 423. The van der Waals surface area contributed by atoms with Gasteiger partial charge in [-0.15, -0.1) is 24.0 Å². The molecule has 2 N–H and O–H groups in total. The molecular formula is C15H29IN4O. The molecule has 0 radical (unpaired) electrons. The van der Waals surface area contributed by atoms with Crippen LogP contribution in [0.4, 0.5) is 0 Å². The van der Waals surface area contributed by atoms with Gasteiger partial charge in [0, 0.05) is 31.6 Å². The van der Waals surface area contributed by atoms with E-state index in [1.807, 2.05) is 13.8 Å². The van der Waals surface area contributed by atoms with Crippen LogP contribution in [0.2, 0.25) is 0 Å². The summed E-state index contributed by atoms with van der Waals surface area (Å²) < 4.78 is 5.22. The third-order valence-corrected chi connectivity index (χ3v) is 3.39. The maximum atomic E-state index is 5.22. The monoisotopic (exact) mass is 408 g/mol. The molecule has 0 bridgehead atoms. The molecule has 1 aromatic heterocycles. The molecule has 0 aliphatic rings. The number of aromatic nitrogens is 1. The number of aliphatic imine (C=N–C) groups is 1. The van der Waals surface area contributed by atoms with E-state index in [1.165, 1.54) is 5.56 Å². The molecule has 1 unspecified atom stereocenters. The highest BCUT2D eigenvalue weighted by atomic mass is 127. The second kappa shape index (κ2) is 10.0. The number of rotatable bonds is 6. The van der Waals surface area contributed by atoms with Gasteiger partial charge < -0.3 is 15.2 Å². The van der Waals surface area contributed by atoms with Gasteiger partial charge in [-0.25, -0.2) is 0 Å². The van der Waals surface area contributed by atoms with Gasteiger partial charge >= 0.3 is 0 Å². The van der Waals surface area contributed by atoms with E-state index in [0.717, 1.165) is 36.9 Å². The Hall–Kier alpha value is -0.790. The van der Waals surface area contributed by atoms with Gasteiger partial charge in [-0.3, -0.25) is 4.99 Å². The summed E-state index contributed by atoms with van der Waals surface area (Å²) in [6.07, 6.45) is 1.14. The summed E-state index contributed by atoms with van der Waals surface area (Å²) >= 11 is 0. The lowest BCUT2D eigenvalue weighted by molar-refractivity contribution is 0.391. The first-order chi connectivity index (χ1) is 9.45. The van der Waals surface area contributed by atoms with Crippen molar-refractivity contribution in [2.45, 2.75) is 47.0 Å². The van der Waals surface area contributed by atoms with Gasteiger partial charge in [0.25, 0.3) is 0 Å². The van der Waals surface area contributed by atoms with Crippen LogP contribution in [0.1, 0.15) is 50.1 Å². The maximum Gasteiger partial charge on any atom is 0.190 e. The first kappa shape index (κ1) is 20.2. The van der Waals surface area contributed by atoms with Crippen LogP contribution >= 0.6 is 24.0 Å². The number of hydrogen-bond donors (Lipinski definition) is 2. The van der Waals surface area contributed by atoms with Crippen LogP contribution in [0.25, 0.3) is 0 Å². The van der Waals surface area contributed by atoms with Gasteiger partial charge in [-0.1, -0.05) is 25.9 Å². The molecule has 0 aliphatic carbocycles. The number of guanidine groups is 1. The Morgan fingerprint density at radius 2 is 1.90 bits per heavy atom. The Kier molecular flexibility index (Phi) is 9.65. The lowest BCUT2D eigenvalue weighted by Crippen LogP contribution is -2.39. The normalized spacial score (nSPS) is 13.0. The molecule has 1 atom stereocenters. The predicted molar refractivity (Wildman–Crippen MR) is 98.6 cm³/mol. The van der Waals surface area contributed by atoms with Crippen LogP contribution in [-0.2, 0) is 0 Å². The van der Waals surface area contributed by atoms with E-state index in [1.54, 1.807) is 7.05 Å². The first-order valence-electron chi connectivity index (χ1n) is 7.33. The number of nitrogens with one attached hydrogen (secondary N) is 2. The summed E-state index contributed by atoms with van der Waals surface area (Å²) in [5.41, 5.74) is 2.16. The Labute approximate surface area is 145 Å². The van der Waals surface area contributed by atoms with Gasteiger partial charge in [0.1, 0.15) is 5.76 Å². The molecule has 1 rings (SSSR count). The average molecular weight is 408 g/mol. The van der Waals surface area contributed by atoms with Crippen LogP contribution in [-0.4, -0.2) is 31.3 Å². The van der Waals surface area contributed by atoms with Crippen LogP contribution in [0.5, 0.6) is 0 Å². The zero-order valence-electron chi connectivity index (χ0n) is 14.0. The van der Waals surface area contributed by atoms with Gasteiger partial charge in [0.2, 0.25) is 0 Å². The van der Waals surface area contributed by atoms with Crippen molar-refractivity contribution in [3.8, 4) is 0 Å². The van der Waals surface area contributed by atoms with E-state index in [2.05, 4.69) is 41.6 Å². The maximum absolute atomic E-state index is 5.22. The Morgan fingerprint density at radius 1 is 1.24 bits per heavy atom. The fourth-order valence-corrected chi connectivity index (χ4v) is 2.25. The fourth-order valence-electron chi connectivity index (χ4n) is 2.25. The van der Waals surface area contributed by atoms with Crippen molar-refractivity contribution in [2.24, 2.45) is 10.9 Å². The summed E-state index contributed by atoms with van der Waals surface area (Å²) in [6, 6.07) is 0. The molecule has 0 aliphatic heterocycles. The van der Waals surface area contributed by atoms with Crippen LogP contribution in [0.3, 0.4) is 0 Å². The quantitative estimate of drug-likeness (QED) is 0.431. The van der Waals surface area contributed by atoms with E-state index >= 15 is 0 Å². The minimum absolute atomic E-state index is 0. The number of nitrogens with zero attached hydrogens (tertiary/aromatic N) is 2. The second-order valence-corrected chi connectivity index (χ2v) is 5.70. The third-order valence-electron chi connectivity index (χ3n) is 3.39. The minimum atomic E-state index is 0. The van der Waals surface area contributed by atoms with E-state index in [0.29, 0.717) is 11.8 Å². The van der Waals surface area contributed by atoms with E-state index < -0.39 is 0 Å². The molecule has 5 nitrogen and oxygen atoms in total. The van der Waals surface area contributed by atoms with Crippen LogP contribution in [0.15, 0.2) is 9.52 Å². The van der Waals surface area contributed by atoms with Crippen molar-refractivity contribution in [3.05, 3.63) is 17.0 Å². The lowest BCUT2D eigenvalue weighted by Gasteiger charge is -2.16. The molecule has 6 heteroatoms. The summed E-state index contributed by atoms with van der Waals surface area (Å²) in [5.74, 6) is 2.79. The molecule has 21 heavy (non-hydrogen) atoms. The van der Waals surface area contributed by atoms with E-state index in [-0.39, 0.29) is 24.0 Å². The molecular weight excluding hydrogens is 379 g/mol. The van der Waals surface area contributed by atoms with Crippen LogP contribution in [0, 0.1) is 19.8 Å². The highest BCUT2D eigenvalue weighted by molar-refractivity contribution is 14.0. The highest BCUT2D eigenvalue weighted by Crippen LogP contribution is 2.22. The van der Waals surface area contributed by atoms with Gasteiger partial charge in [0.05, 0.1) is 5.69 Å². The topological polar surface area (TPSA) is 62.5 Å². The van der Waals surface area contributed by atoms with Crippen molar-refractivity contribution in [2.75, 3.05) is 20.1 Å². The first-order valence-corrected chi connectivity index (χ1v) is 7.33. The molecule has 0 saturated heterocycles. The third kappa shape index (κ3) is 6.67. The summed E-state index contributed by atoms with van der Waals surface area (Å²) in [7, 11) is 1.80. The number of aryl methyl sites for hydroxylation is 2. The summed E-state index contributed by atoms with van der Waals surface area (Å²) in [6.45, 7) is 12.3. The van der Waals surface area contributed by atoms with E-state index in [9.17, 15) is 0 Å². The van der Waals surface area contributed by atoms with E-state index in [4.69, 9.17) is 4.52 Å². The fraction of sp³-hybridized carbons (Fsp3) is 0.733. The standard InChI is InChI=1S/C15H28N4O.HI/c1-10(2)7-8-17-15(16-6)18-9-11(3)14-12(4)19-20-13(14)5;/h10-11H,7-9H2,1-6H3,(H2,16,17,18);1H. The minimum Gasteiger partial charge on any atom is -0.361 e. The zero-order chi connectivity index (χ0) is 15.1. The molecule has 1 aromatic rings. The molecule has 0 spiro atoms. The van der Waals surface area contributed by atoms with Crippen molar-refractivity contribution >= 4 is 29.9 Å². The SMILES string of the molecule is CN=C(NCCC(C)C)NCC(C)c1c(C)noc1C.I. The summed E-state index contributed by atoms with van der Waals surface area (Å²) in [4.78, 5) is 4.24. The molecule has 122 valence electrons. The molecule has 1 heterocycles. The molecule has 0 aromatic carbocycles.